The number of piperidine rings is 1. The minimum atomic E-state index is 0.0595. The smallest absolute Gasteiger partial charge is 0.319 e. The average Bonchev–Trinajstić information content (AvgIpc) is 3.66. The van der Waals surface area contributed by atoms with Crippen molar-refractivity contribution in [1.82, 2.24) is 29.7 Å². The molecular weight excluding hydrogens is 452 g/mol. The van der Waals surface area contributed by atoms with Gasteiger partial charge in [-0.3, -0.25) is 9.69 Å². The third kappa shape index (κ3) is 5.43. The van der Waals surface area contributed by atoms with Crippen LogP contribution in [0.1, 0.15) is 38.0 Å². The van der Waals surface area contributed by atoms with Crippen molar-refractivity contribution in [3.63, 3.8) is 0 Å². The maximum atomic E-state index is 13.1. The minimum Gasteiger partial charge on any atom is -0.340 e. The van der Waals surface area contributed by atoms with E-state index < -0.39 is 0 Å². The molecule has 0 N–H and O–H groups in total. The summed E-state index contributed by atoms with van der Waals surface area (Å²) in [6.07, 6.45) is 5.53. The topological polar surface area (TPSA) is 86.0 Å². The summed E-state index contributed by atoms with van der Waals surface area (Å²) in [4.78, 5) is 39.5. The predicted octanol–water partition coefficient (Wildman–Crippen LogP) is 2.80. The molecular formula is C24H34N6O3S. The summed E-state index contributed by atoms with van der Waals surface area (Å²) in [6, 6.07) is 4.15. The molecule has 0 bridgehead atoms. The number of aryl methyl sites for hydroxylation is 1. The molecule has 34 heavy (non-hydrogen) atoms. The molecule has 0 aliphatic carbocycles. The molecule has 3 aliphatic heterocycles. The van der Waals surface area contributed by atoms with Crippen molar-refractivity contribution in [2.24, 2.45) is 5.92 Å². The fraction of sp³-hybridized carbons (Fsp3) is 0.667. The lowest BCUT2D eigenvalue weighted by Gasteiger charge is -2.39. The van der Waals surface area contributed by atoms with E-state index in [1.165, 1.54) is 0 Å². The number of thiophene rings is 1. The highest BCUT2D eigenvalue weighted by Gasteiger charge is 2.33. The Bertz CT molecular complexity index is 942. The first kappa shape index (κ1) is 23.3. The number of likely N-dealkylation sites (tertiary alicyclic amines) is 2. The highest BCUT2D eigenvalue weighted by atomic mass is 32.1. The third-order valence-corrected chi connectivity index (χ3v) is 8.12. The molecule has 0 aromatic carbocycles. The van der Waals surface area contributed by atoms with Gasteiger partial charge >= 0.3 is 6.03 Å². The molecule has 9 nitrogen and oxygen atoms in total. The molecule has 2 aromatic rings. The summed E-state index contributed by atoms with van der Waals surface area (Å²) < 4.78 is 5.39. The maximum Gasteiger partial charge on any atom is 0.319 e. The van der Waals surface area contributed by atoms with Crippen molar-refractivity contribution in [3.8, 4) is 10.7 Å². The van der Waals surface area contributed by atoms with E-state index in [-0.39, 0.29) is 17.9 Å². The van der Waals surface area contributed by atoms with E-state index in [0.717, 1.165) is 89.2 Å². The Morgan fingerprint density at radius 2 is 1.71 bits per heavy atom. The Morgan fingerprint density at radius 1 is 0.971 bits per heavy atom. The van der Waals surface area contributed by atoms with Crippen molar-refractivity contribution in [2.45, 2.75) is 38.5 Å². The van der Waals surface area contributed by atoms with Gasteiger partial charge in [-0.25, -0.2) is 4.79 Å². The summed E-state index contributed by atoms with van der Waals surface area (Å²) in [6.45, 7) is 7.52. The molecule has 10 heteroatoms. The fourth-order valence-corrected chi connectivity index (χ4v) is 5.84. The van der Waals surface area contributed by atoms with Crippen LogP contribution in [0.4, 0.5) is 4.79 Å². The largest absolute Gasteiger partial charge is 0.340 e. The molecule has 0 saturated carbocycles. The van der Waals surface area contributed by atoms with Crippen LogP contribution in [0.25, 0.3) is 10.7 Å². The number of nitrogens with zero attached hydrogens (tertiary/aromatic N) is 6. The molecule has 5 heterocycles. The molecule has 5 rings (SSSR count). The van der Waals surface area contributed by atoms with Crippen molar-refractivity contribution >= 4 is 23.3 Å². The molecule has 184 valence electrons. The van der Waals surface area contributed by atoms with Crippen LogP contribution in [0.3, 0.4) is 0 Å². The number of urea groups is 1. The van der Waals surface area contributed by atoms with Gasteiger partial charge in [0.2, 0.25) is 17.6 Å². The van der Waals surface area contributed by atoms with Crippen LogP contribution in [-0.4, -0.2) is 101 Å². The Hall–Kier alpha value is -2.46. The first-order chi connectivity index (χ1) is 16.7. The number of amides is 3. The normalized spacial score (nSPS) is 20.3. The molecule has 3 aliphatic rings. The van der Waals surface area contributed by atoms with Crippen LogP contribution in [0.2, 0.25) is 0 Å². The average molecular weight is 487 g/mol. The minimum absolute atomic E-state index is 0.0595. The van der Waals surface area contributed by atoms with Crippen molar-refractivity contribution in [1.29, 1.82) is 0 Å². The van der Waals surface area contributed by atoms with Crippen molar-refractivity contribution in [2.75, 3.05) is 58.9 Å². The molecule has 2 aromatic heterocycles. The Labute approximate surface area is 204 Å². The van der Waals surface area contributed by atoms with E-state index in [0.29, 0.717) is 24.8 Å². The number of carbonyl (C=O) groups is 2. The van der Waals surface area contributed by atoms with E-state index in [4.69, 9.17) is 4.52 Å². The molecule has 3 saturated heterocycles. The zero-order chi connectivity index (χ0) is 23.3. The van der Waals surface area contributed by atoms with Crippen molar-refractivity contribution < 1.29 is 14.1 Å². The zero-order valence-electron chi connectivity index (χ0n) is 19.7. The Morgan fingerprint density at radius 3 is 2.41 bits per heavy atom. The lowest BCUT2D eigenvalue weighted by molar-refractivity contribution is -0.138. The summed E-state index contributed by atoms with van der Waals surface area (Å²) in [5.41, 5.74) is 0. The van der Waals surface area contributed by atoms with Crippen LogP contribution in [0.15, 0.2) is 22.0 Å². The molecule has 3 amide bonds. The third-order valence-electron chi connectivity index (χ3n) is 7.25. The maximum absolute atomic E-state index is 13.1. The van der Waals surface area contributed by atoms with Crippen LogP contribution in [-0.2, 0) is 11.2 Å². The number of hydrogen-bond acceptors (Lipinski definition) is 7. The second-order valence-electron chi connectivity index (χ2n) is 9.50. The highest BCUT2D eigenvalue weighted by molar-refractivity contribution is 7.13. The zero-order valence-corrected chi connectivity index (χ0v) is 20.5. The quantitative estimate of drug-likeness (QED) is 0.624. The van der Waals surface area contributed by atoms with E-state index in [2.05, 4.69) is 15.0 Å². The molecule has 0 unspecified atom stereocenters. The summed E-state index contributed by atoms with van der Waals surface area (Å²) >= 11 is 1.61. The molecule has 0 atom stereocenters. The van der Waals surface area contributed by atoms with Crippen molar-refractivity contribution in [3.05, 3.63) is 23.4 Å². The first-order valence-electron chi connectivity index (χ1n) is 12.6. The van der Waals surface area contributed by atoms with Crippen LogP contribution in [0, 0.1) is 5.92 Å². The fourth-order valence-electron chi connectivity index (χ4n) is 5.19. The SMILES string of the molecule is O=C(C1CCN(C(=O)N2CCCC2)CC1)N1CCN(CCCc2nc(-c3cccs3)no2)CC1. The van der Waals surface area contributed by atoms with Gasteiger partial charge in [0.1, 0.15) is 0 Å². The van der Waals surface area contributed by atoms with Gasteiger partial charge in [-0.2, -0.15) is 4.98 Å². The Balaban J connectivity index is 0.997. The number of piperazine rings is 1. The highest BCUT2D eigenvalue weighted by Crippen LogP contribution is 2.23. The lowest BCUT2D eigenvalue weighted by Crippen LogP contribution is -2.52. The van der Waals surface area contributed by atoms with Gasteiger partial charge in [-0.05, 0) is 50.1 Å². The van der Waals surface area contributed by atoms with E-state index >= 15 is 0 Å². The monoisotopic (exact) mass is 486 g/mol. The van der Waals surface area contributed by atoms with Gasteiger partial charge in [0.15, 0.2) is 0 Å². The Kier molecular flexibility index (Phi) is 7.44. The van der Waals surface area contributed by atoms with Gasteiger partial charge in [-0.1, -0.05) is 11.2 Å². The summed E-state index contributed by atoms with van der Waals surface area (Å²) in [5.74, 6) is 1.69. The van der Waals surface area contributed by atoms with Gasteiger partial charge in [0.05, 0.1) is 4.88 Å². The number of aromatic nitrogens is 2. The van der Waals surface area contributed by atoms with E-state index in [1.54, 1.807) is 11.3 Å². The second kappa shape index (κ2) is 10.9. The van der Waals surface area contributed by atoms with Crippen LogP contribution in [0.5, 0.6) is 0 Å². The molecule has 0 radical (unpaired) electrons. The summed E-state index contributed by atoms with van der Waals surface area (Å²) in [7, 11) is 0. The lowest BCUT2D eigenvalue weighted by atomic mass is 9.95. The first-order valence-corrected chi connectivity index (χ1v) is 13.5. The van der Waals surface area contributed by atoms with Crippen LogP contribution >= 0.6 is 11.3 Å². The van der Waals surface area contributed by atoms with Gasteiger partial charge in [0.25, 0.3) is 0 Å². The summed E-state index contributed by atoms with van der Waals surface area (Å²) in [5, 5.41) is 6.08. The number of carbonyl (C=O) groups excluding carboxylic acids is 2. The number of hydrogen-bond donors (Lipinski definition) is 0. The predicted molar refractivity (Wildman–Crippen MR) is 129 cm³/mol. The molecule has 0 spiro atoms. The van der Waals surface area contributed by atoms with Gasteiger partial charge in [0, 0.05) is 64.7 Å². The standard InChI is InChI=1S/C24H34N6O3S/c31-23(19-7-12-30(13-8-19)24(32)29-10-1-2-11-29)28-16-14-27(15-17-28)9-3-6-21-25-22(26-33-21)20-5-4-18-34-20/h4-5,18-19H,1-3,6-17H2. The molecule has 3 fully saturated rings. The van der Waals surface area contributed by atoms with Gasteiger partial charge in [-0.15, -0.1) is 11.3 Å². The van der Waals surface area contributed by atoms with E-state index in [1.807, 2.05) is 32.2 Å². The van der Waals surface area contributed by atoms with E-state index in [9.17, 15) is 9.59 Å². The van der Waals surface area contributed by atoms with Gasteiger partial charge < -0.3 is 19.2 Å². The number of rotatable bonds is 6. The second-order valence-corrected chi connectivity index (χ2v) is 10.4. The van der Waals surface area contributed by atoms with Crippen LogP contribution < -0.4 is 0 Å².